The third-order valence-corrected chi connectivity index (χ3v) is 18.5. The summed E-state index contributed by atoms with van der Waals surface area (Å²) < 4.78 is 18.5. The Balaban J connectivity index is 1.10. The zero-order valence-electron chi connectivity index (χ0n) is 46.7. The molecule has 3 aromatic carbocycles. The Morgan fingerprint density at radius 1 is 0.743 bits per heavy atom. The fourth-order valence-corrected chi connectivity index (χ4v) is 13.9. The van der Waals surface area contributed by atoms with E-state index in [0.29, 0.717) is 12.8 Å². The van der Waals surface area contributed by atoms with Crippen molar-refractivity contribution >= 4 is 35.7 Å². The Morgan fingerprint density at radius 3 is 1.78 bits per heavy atom. The molecule has 2 saturated heterocycles. The van der Waals surface area contributed by atoms with Crippen LogP contribution >= 0.6 is 7.92 Å². The first-order valence-corrected chi connectivity index (χ1v) is 29.5. The molecule has 12 nitrogen and oxygen atoms in total. The number of aryl methyl sites for hydroxylation is 1. The molecule has 0 aromatic heterocycles. The Hall–Kier alpha value is -3.29. The molecule has 13 heteroatoms. The van der Waals surface area contributed by atoms with Gasteiger partial charge in [-0.1, -0.05) is 163 Å². The molecule has 0 saturated carbocycles. The standard InChI is InChI=1S/C61H95N2O10P/c1-11-52-61(8,70)56(67)46(6)63(41-42(2)40-60(7,69)57(44(4)54(65)45(5)58(68)72-52)73-59-55(66)51(62(9)10)39-43(3)71-59)53(64)34-28-20-18-16-14-12-13-15-17-19-23-29-47-35-37-50(38-36-47)74(48-30-24-21-25-31-48)49-32-26-22-27-33-49/h21-22,24-27,30-33,35-38,42-46,51-52,54-57,59,65-67,69-70H,11-20,23,28-29,34,39-41H2,1-10H3/t42-,43-,44+,45-,46-,51+,52-,54+,55-,56-,57-,59+,60-,61-/m1/s1. The monoisotopic (exact) mass is 1050 g/mol. The molecule has 414 valence electrons. The highest BCUT2D eigenvalue weighted by Crippen LogP contribution is 2.38. The van der Waals surface area contributed by atoms with Crippen molar-refractivity contribution < 1.29 is 49.3 Å². The van der Waals surface area contributed by atoms with Gasteiger partial charge in [0.25, 0.3) is 0 Å². The number of carbonyl (C=O) groups excluding carboxylic acids is 2. The Labute approximate surface area is 446 Å². The number of cyclic esters (lactones) is 1. The van der Waals surface area contributed by atoms with Crippen molar-refractivity contribution in [3.63, 3.8) is 0 Å². The predicted molar refractivity (Wildman–Crippen MR) is 298 cm³/mol. The van der Waals surface area contributed by atoms with E-state index >= 15 is 0 Å². The zero-order chi connectivity index (χ0) is 54.2. The first-order valence-electron chi connectivity index (χ1n) is 28.1. The van der Waals surface area contributed by atoms with Crippen LogP contribution < -0.4 is 15.9 Å². The van der Waals surface area contributed by atoms with Gasteiger partial charge in [-0.05, 0) is 123 Å². The molecule has 3 aromatic rings. The van der Waals surface area contributed by atoms with Crippen LogP contribution in [-0.2, 0) is 30.2 Å². The summed E-state index contributed by atoms with van der Waals surface area (Å²) in [5, 5.41) is 63.5. The van der Waals surface area contributed by atoms with Gasteiger partial charge in [-0.15, -0.1) is 0 Å². The highest BCUT2D eigenvalue weighted by Gasteiger charge is 2.50. The summed E-state index contributed by atoms with van der Waals surface area (Å²) in [6, 6.07) is 29.8. The first kappa shape index (κ1) is 61.6. The third-order valence-electron chi connectivity index (χ3n) is 16.1. The number of aliphatic hydroxyl groups excluding tert-OH is 3. The van der Waals surface area contributed by atoms with Gasteiger partial charge >= 0.3 is 5.97 Å². The lowest BCUT2D eigenvalue weighted by Gasteiger charge is -2.46. The summed E-state index contributed by atoms with van der Waals surface area (Å²) >= 11 is 0. The third kappa shape index (κ3) is 17.1. The molecule has 5 rings (SSSR count). The number of ether oxygens (including phenoxy) is 3. The van der Waals surface area contributed by atoms with Gasteiger partial charge in [0.2, 0.25) is 5.91 Å². The normalized spacial score (nSPS) is 31.7. The van der Waals surface area contributed by atoms with Crippen LogP contribution in [0.2, 0.25) is 0 Å². The molecule has 5 N–H and O–H groups in total. The van der Waals surface area contributed by atoms with Gasteiger partial charge in [0.1, 0.15) is 23.9 Å². The summed E-state index contributed by atoms with van der Waals surface area (Å²) in [7, 11) is 3.16. The second-order valence-corrected chi connectivity index (χ2v) is 25.0. The molecule has 74 heavy (non-hydrogen) atoms. The zero-order valence-corrected chi connectivity index (χ0v) is 47.5. The van der Waals surface area contributed by atoms with E-state index in [4.69, 9.17) is 14.2 Å². The minimum atomic E-state index is -1.95. The summed E-state index contributed by atoms with van der Waals surface area (Å²) in [5.74, 6) is -3.30. The minimum absolute atomic E-state index is 0.102. The molecule has 0 unspecified atom stereocenters. The van der Waals surface area contributed by atoms with Gasteiger partial charge in [-0.2, -0.15) is 0 Å². The molecular formula is C61H95N2O10P. The SMILES string of the molecule is CC[C@H]1OC(=O)[C@H](C)[C@@H](O)[C@H](C)[C@@H](O[C@@H]2O[C@H](C)C[C@H](N(C)C)[C@H]2O)[C@](C)(O)C[C@@H](C)CN(C(=O)CCCCCCCCCCCCCc2ccc(P(c3ccccc3)c3ccccc3)cc2)[C@H](C)[C@@H](O)[C@]1(C)O. The number of rotatable bonds is 21. The number of amides is 1. The summed E-state index contributed by atoms with van der Waals surface area (Å²) in [6.45, 7) is 13.6. The molecular weight excluding hydrogens is 952 g/mol. The number of benzene rings is 3. The number of carbonyl (C=O) groups is 2. The lowest BCUT2D eigenvalue weighted by molar-refractivity contribution is -0.299. The fraction of sp³-hybridized carbons (Fsp3) is 0.672. The van der Waals surface area contributed by atoms with Gasteiger partial charge in [-0.3, -0.25) is 9.59 Å². The van der Waals surface area contributed by atoms with E-state index in [1.54, 1.807) is 32.6 Å². The number of aliphatic hydroxyl groups is 5. The Kier molecular flexibility index (Phi) is 24.5. The number of unbranched alkanes of at least 4 members (excludes halogenated alkanes) is 10. The van der Waals surface area contributed by atoms with Crippen LogP contribution in [0.25, 0.3) is 0 Å². The van der Waals surface area contributed by atoms with E-state index < -0.39 is 79.8 Å². The smallest absolute Gasteiger partial charge is 0.311 e. The molecule has 2 heterocycles. The van der Waals surface area contributed by atoms with E-state index in [0.717, 1.165) is 25.7 Å². The first-order chi connectivity index (χ1) is 35.2. The van der Waals surface area contributed by atoms with Crippen molar-refractivity contribution in [1.82, 2.24) is 9.80 Å². The number of hydrogen-bond donors (Lipinski definition) is 5. The number of likely N-dealkylation sites (N-methyl/N-ethyl adjacent to an activating group) is 1. The Morgan fingerprint density at radius 2 is 1.26 bits per heavy atom. The van der Waals surface area contributed by atoms with Gasteiger partial charge in [0, 0.05) is 24.9 Å². The maximum atomic E-state index is 14.3. The van der Waals surface area contributed by atoms with Crippen LogP contribution in [0.5, 0.6) is 0 Å². The quantitative estimate of drug-likeness (QED) is 0.0394. The number of nitrogens with zero attached hydrogens (tertiary/aromatic N) is 2. The fourth-order valence-electron chi connectivity index (χ4n) is 11.6. The molecule has 0 bridgehead atoms. The molecule has 1 amide bonds. The lowest BCUT2D eigenvalue weighted by atomic mass is 9.78. The molecule has 0 spiro atoms. The van der Waals surface area contributed by atoms with E-state index in [-0.39, 0.29) is 49.8 Å². The number of hydrogen-bond acceptors (Lipinski definition) is 11. The van der Waals surface area contributed by atoms with Crippen molar-refractivity contribution in [3.8, 4) is 0 Å². The maximum Gasteiger partial charge on any atom is 0.311 e. The Bertz CT molecular complexity index is 2050. The van der Waals surface area contributed by atoms with E-state index in [9.17, 15) is 35.1 Å². The highest BCUT2D eigenvalue weighted by atomic mass is 31.1. The molecule has 0 aliphatic carbocycles. The topological polar surface area (TPSA) is 169 Å². The maximum absolute atomic E-state index is 14.3. The molecule has 2 aliphatic rings. The van der Waals surface area contributed by atoms with Crippen molar-refractivity contribution in [2.45, 2.75) is 224 Å². The van der Waals surface area contributed by atoms with Crippen molar-refractivity contribution in [3.05, 3.63) is 90.5 Å². The van der Waals surface area contributed by atoms with E-state index in [1.165, 1.54) is 80.3 Å². The highest BCUT2D eigenvalue weighted by molar-refractivity contribution is 7.79. The number of esters is 1. The van der Waals surface area contributed by atoms with Gasteiger partial charge in [-0.25, -0.2) is 0 Å². The van der Waals surface area contributed by atoms with Crippen LogP contribution in [0.4, 0.5) is 0 Å². The molecule has 14 atom stereocenters. The van der Waals surface area contributed by atoms with Gasteiger partial charge in [0.05, 0.1) is 35.9 Å². The predicted octanol–water partition coefficient (Wildman–Crippen LogP) is 8.55. The van der Waals surface area contributed by atoms with Crippen molar-refractivity contribution in [1.29, 1.82) is 0 Å². The largest absolute Gasteiger partial charge is 0.459 e. The second kappa shape index (κ2) is 29.5. The molecule has 2 fully saturated rings. The van der Waals surface area contributed by atoms with E-state index in [1.807, 2.05) is 32.8 Å². The van der Waals surface area contributed by atoms with Gasteiger partial charge in [0.15, 0.2) is 6.29 Å². The van der Waals surface area contributed by atoms with E-state index in [2.05, 4.69) is 84.9 Å². The minimum Gasteiger partial charge on any atom is -0.459 e. The average molecular weight is 1050 g/mol. The van der Waals surface area contributed by atoms with Crippen LogP contribution in [0, 0.1) is 17.8 Å². The summed E-state index contributed by atoms with van der Waals surface area (Å²) in [6.07, 6.45) is 6.82. The molecule has 2 aliphatic heterocycles. The second-order valence-electron chi connectivity index (χ2n) is 22.8. The lowest BCUT2D eigenvalue weighted by Crippen LogP contribution is -2.60. The van der Waals surface area contributed by atoms with Gasteiger partial charge < -0.3 is 49.5 Å². The van der Waals surface area contributed by atoms with Crippen molar-refractivity contribution in [2.24, 2.45) is 17.8 Å². The van der Waals surface area contributed by atoms with Crippen LogP contribution in [0.1, 0.15) is 157 Å². The van der Waals surface area contributed by atoms with Crippen LogP contribution in [0.15, 0.2) is 84.9 Å². The van der Waals surface area contributed by atoms with Crippen LogP contribution in [-0.4, -0.2) is 134 Å². The van der Waals surface area contributed by atoms with Crippen LogP contribution in [0.3, 0.4) is 0 Å². The molecule has 0 radical (unpaired) electrons. The van der Waals surface area contributed by atoms with Crippen molar-refractivity contribution in [2.75, 3.05) is 20.6 Å². The average Bonchev–Trinajstić information content (AvgIpc) is 3.37. The summed E-state index contributed by atoms with van der Waals surface area (Å²) in [5.41, 5.74) is -2.19. The summed E-state index contributed by atoms with van der Waals surface area (Å²) in [4.78, 5) is 31.5.